The number of carbonyl (C=O) groups excluding carboxylic acids is 2. The SMILES string of the molecule is COCCN(C[C@@H]1CCCN2CCCC[C@H]12)C(=O)[C@H](CC(C)C)N1Cc2ccccc2C1=O. The van der Waals surface area contributed by atoms with E-state index in [1.54, 1.807) is 7.11 Å². The number of carbonyl (C=O) groups is 2. The Morgan fingerprint density at radius 1 is 1.15 bits per heavy atom. The lowest BCUT2D eigenvalue weighted by Crippen LogP contribution is -2.55. The predicted octanol–water partition coefficient (Wildman–Crippen LogP) is 3.80. The van der Waals surface area contributed by atoms with Crippen LogP contribution in [0.5, 0.6) is 0 Å². The van der Waals surface area contributed by atoms with Crippen molar-refractivity contribution in [2.24, 2.45) is 11.8 Å². The molecule has 3 aliphatic rings. The number of ether oxygens (including phenoxy) is 1. The van der Waals surface area contributed by atoms with E-state index in [2.05, 4.69) is 18.7 Å². The first kappa shape index (κ1) is 24.2. The molecule has 3 atom stereocenters. The molecule has 1 aromatic rings. The van der Waals surface area contributed by atoms with Gasteiger partial charge in [0.05, 0.1) is 6.61 Å². The van der Waals surface area contributed by atoms with Gasteiger partial charge in [-0.15, -0.1) is 0 Å². The Hall–Kier alpha value is -1.92. The molecule has 0 bridgehead atoms. The highest BCUT2D eigenvalue weighted by Gasteiger charge is 2.40. The van der Waals surface area contributed by atoms with E-state index in [4.69, 9.17) is 4.74 Å². The van der Waals surface area contributed by atoms with Crippen LogP contribution < -0.4 is 0 Å². The third-order valence-corrected chi connectivity index (χ3v) is 7.77. The van der Waals surface area contributed by atoms with Crippen LogP contribution in [0.3, 0.4) is 0 Å². The molecule has 6 nitrogen and oxygen atoms in total. The minimum atomic E-state index is -0.423. The fourth-order valence-corrected chi connectivity index (χ4v) is 6.11. The Labute approximate surface area is 199 Å². The molecule has 0 saturated carbocycles. The third-order valence-electron chi connectivity index (χ3n) is 7.77. The number of amides is 2. The number of fused-ring (bicyclic) bond motifs is 2. The maximum Gasteiger partial charge on any atom is 0.255 e. The maximum absolute atomic E-state index is 14.1. The number of rotatable bonds is 9. The van der Waals surface area contributed by atoms with E-state index in [0.717, 1.165) is 17.7 Å². The van der Waals surface area contributed by atoms with Gasteiger partial charge in [-0.3, -0.25) is 9.59 Å². The smallest absolute Gasteiger partial charge is 0.255 e. The third kappa shape index (κ3) is 5.43. The summed E-state index contributed by atoms with van der Waals surface area (Å²) < 4.78 is 5.39. The average Bonchev–Trinajstić information content (AvgIpc) is 3.16. The minimum absolute atomic E-state index is 0.00702. The van der Waals surface area contributed by atoms with E-state index in [-0.39, 0.29) is 11.8 Å². The van der Waals surface area contributed by atoms with Crippen molar-refractivity contribution >= 4 is 11.8 Å². The Morgan fingerprint density at radius 2 is 1.94 bits per heavy atom. The molecule has 2 amide bonds. The molecule has 0 N–H and O–H groups in total. The van der Waals surface area contributed by atoms with Crippen LogP contribution in [0.2, 0.25) is 0 Å². The molecule has 0 unspecified atom stereocenters. The largest absolute Gasteiger partial charge is 0.383 e. The van der Waals surface area contributed by atoms with Crippen LogP contribution >= 0.6 is 0 Å². The molecule has 6 heteroatoms. The van der Waals surface area contributed by atoms with Crippen molar-refractivity contribution in [3.8, 4) is 0 Å². The van der Waals surface area contributed by atoms with Crippen molar-refractivity contribution in [2.45, 2.75) is 71.0 Å². The van der Waals surface area contributed by atoms with Gasteiger partial charge < -0.3 is 19.4 Å². The Morgan fingerprint density at radius 3 is 2.70 bits per heavy atom. The van der Waals surface area contributed by atoms with E-state index in [1.807, 2.05) is 34.1 Å². The lowest BCUT2D eigenvalue weighted by atomic mass is 9.83. The van der Waals surface area contributed by atoms with Crippen molar-refractivity contribution in [1.29, 1.82) is 0 Å². The number of hydrogen-bond donors (Lipinski definition) is 0. The Bertz CT molecular complexity index is 825. The van der Waals surface area contributed by atoms with Crippen molar-refractivity contribution < 1.29 is 14.3 Å². The molecule has 4 rings (SSSR count). The number of hydrogen-bond acceptors (Lipinski definition) is 4. The summed E-state index contributed by atoms with van der Waals surface area (Å²) >= 11 is 0. The minimum Gasteiger partial charge on any atom is -0.383 e. The zero-order chi connectivity index (χ0) is 23.4. The van der Waals surface area contributed by atoms with Gasteiger partial charge in [0, 0.05) is 38.3 Å². The molecule has 2 saturated heterocycles. The molecule has 0 spiro atoms. The molecule has 3 heterocycles. The normalized spacial score (nSPS) is 24.0. The second kappa shape index (κ2) is 11.0. The van der Waals surface area contributed by atoms with Gasteiger partial charge in [0.25, 0.3) is 5.91 Å². The van der Waals surface area contributed by atoms with Crippen molar-refractivity contribution in [3.05, 3.63) is 35.4 Å². The molecule has 3 aliphatic heterocycles. The van der Waals surface area contributed by atoms with Crippen LogP contribution in [0.1, 0.15) is 68.3 Å². The monoisotopic (exact) mass is 455 g/mol. The number of nitrogens with zero attached hydrogens (tertiary/aromatic N) is 3. The molecule has 1 aromatic carbocycles. The van der Waals surface area contributed by atoms with Gasteiger partial charge >= 0.3 is 0 Å². The van der Waals surface area contributed by atoms with E-state index >= 15 is 0 Å². The quantitative estimate of drug-likeness (QED) is 0.568. The fourth-order valence-electron chi connectivity index (χ4n) is 6.11. The lowest BCUT2D eigenvalue weighted by Gasteiger charge is -2.46. The zero-order valence-corrected chi connectivity index (χ0v) is 20.7. The molecule has 0 aliphatic carbocycles. The van der Waals surface area contributed by atoms with Crippen molar-refractivity contribution in [1.82, 2.24) is 14.7 Å². The predicted molar refractivity (Wildman–Crippen MR) is 130 cm³/mol. The summed E-state index contributed by atoms with van der Waals surface area (Å²) in [5.74, 6) is 0.913. The second-order valence-electron chi connectivity index (χ2n) is 10.5. The number of benzene rings is 1. The van der Waals surface area contributed by atoms with E-state index < -0.39 is 6.04 Å². The molecular weight excluding hydrogens is 414 g/mol. The summed E-state index contributed by atoms with van der Waals surface area (Å²) in [4.78, 5) is 33.8. The molecule has 0 radical (unpaired) electrons. The van der Waals surface area contributed by atoms with E-state index in [9.17, 15) is 9.59 Å². The first-order valence-corrected chi connectivity index (χ1v) is 12.9. The van der Waals surface area contributed by atoms with Crippen LogP contribution in [0, 0.1) is 11.8 Å². The Kier molecular flexibility index (Phi) is 8.07. The molecular formula is C27H41N3O3. The van der Waals surface area contributed by atoms with Gasteiger partial charge in [-0.25, -0.2) is 0 Å². The van der Waals surface area contributed by atoms with Gasteiger partial charge in [0.1, 0.15) is 6.04 Å². The van der Waals surface area contributed by atoms with Crippen LogP contribution in [0.15, 0.2) is 24.3 Å². The van der Waals surface area contributed by atoms with Crippen molar-refractivity contribution in [3.63, 3.8) is 0 Å². The second-order valence-corrected chi connectivity index (χ2v) is 10.5. The summed E-state index contributed by atoms with van der Waals surface area (Å²) in [6.07, 6.45) is 6.90. The lowest BCUT2D eigenvalue weighted by molar-refractivity contribution is -0.139. The molecule has 2 fully saturated rings. The summed E-state index contributed by atoms with van der Waals surface area (Å²) in [6, 6.07) is 7.94. The first-order chi connectivity index (χ1) is 16.0. The van der Waals surface area contributed by atoms with Gasteiger partial charge in [0.2, 0.25) is 5.91 Å². The maximum atomic E-state index is 14.1. The molecule has 0 aromatic heterocycles. The molecule has 182 valence electrons. The van der Waals surface area contributed by atoms with Crippen LogP contribution in [0.4, 0.5) is 0 Å². The summed E-state index contributed by atoms with van der Waals surface area (Å²) in [6.45, 7) is 9.07. The van der Waals surface area contributed by atoms with Gasteiger partial charge in [-0.2, -0.15) is 0 Å². The topological polar surface area (TPSA) is 53.1 Å². The van der Waals surface area contributed by atoms with Gasteiger partial charge in [-0.05, 0) is 68.7 Å². The first-order valence-electron chi connectivity index (χ1n) is 12.9. The average molecular weight is 456 g/mol. The Balaban J connectivity index is 1.54. The van der Waals surface area contributed by atoms with E-state index in [1.165, 1.54) is 45.2 Å². The highest BCUT2D eigenvalue weighted by atomic mass is 16.5. The molecule has 33 heavy (non-hydrogen) atoms. The van der Waals surface area contributed by atoms with Crippen LogP contribution in [-0.2, 0) is 16.1 Å². The summed E-state index contributed by atoms with van der Waals surface area (Å²) in [5.41, 5.74) is 1.77. The number of piperidine rings is 2. The standard InChI is InChI=1S/C27H41N3O3/c1-20(2)17-25(30-19-21-9-4-5-11-23(21)26(30)31)27(32)29(15-16-33-3)18-22-10-8-14-28-13-7-6-12-24(22)28/h4-5,9,11,20,22,24-25H,6-8,10,12-19H2,1-3H3/t22-,24+,25-/m0/s1. The van der Waals surface area contributed by atoms with Crippen LogP contribution in [-0.4, -0.2) is 78.5 Å². The fraction of sp³-hybridized carbons (Fsp3) is 0.704. The highest BCUT2D eigenvalue weighted by molar-refractivity contribution is 6.01. The van der Waals surface area contributed by atoms with Gasteiger partial charge in [0.15, 0.2) is 0 Å². The van der Waals surface area contributed by atoms with Crippen LogP contribution in [0.25, 0.3) is 0 Å². The summed E-state index contributed by atoms with van der Waals surface area (Å²) in [7, 11) is 1.69. The van der Waals surface area contributed by atoms with Crippen molar-refractivity contribution in [2.75, 3.05) is 39.9 Å². The zero-order valence-electron chi connectivity index (χ0n) is 20.7. The van der Waals surface area contributed by atoms with E-state index in [0.29, 0.717) is 44.0 Å². The van der Waals surface area contributed by atoms with Gasteiger partial charge in [-0.1, -0.05) is 38.5 Å². The highest BCUT2D eigenvalue weighted by Crippen LogP contribution is 2.33. The summed E-state index contributed by atoms with van der Waals surface area (Å²) in [5, 5.41) is 0. The number of methoxy groups -OCH3 is 1.